The second-order valence-corrected chi connectivity index (χ2v) is 7.04. The Labute approximate surface area is 138 Å². The van der Waals surface area contributed by atoms with Crippen molar-refractivity contribution in [2.24, 2.45) is 4.99 Å². The Bertz CT molecular complexity index is 749. The summed E-state index contributed by atoms with van der Waals surface area (Å²) in [5.74, 6) is 0.728. The molecule has 2 aromatic carbocycles. The molecule has 1 atom stereocenters. The van der Waals surface area contributed by atoms with Gasteiger partial charge in [0.05, 0.1) is 0 Å². The van der Waals surface area contributed by atoms with E-state index in [0.717, 1.165) is 12.0 Å². The van der Waals surface area contributed by atoms with Gasteiger partial charge < -0.3 is 10.0 Å². The van der Waals surface area contributed by atoms with E-state index in [1.807, 2.05) is 18.3 Å². The lowest BCUT2D eigenvalue weighted by molar-refractivity contribution is 0.395. The third kappa shape index (κ3) is 2.96. The van der Waals surface area contributed by atoms with Crippen molar-refractivity contribution < 1.29 is 5.11 Å². The molecule has 3 nitrogen and oxygen atoms in total. The molecule has 3 heteroatoms. The quantitative estimate of drug-likeness (QED) is 0.804. The van der Waals surface area contributed by atoms with Crippen molar-refractivity contribution in [1.29, 1.82) is 0 Å². The molecule has 0 spiro atoms. The zero-order valence-electron chi connectivity index (χ0n) is 14.2. The number of aromatic hydroxyl groups is 1. The number of nitrogens with zero attached hydrogens (tertiary/aromatic N) is 2. The first-order chi connectivity index (χ1) is 10.9. The van der Waals surface area contributed by atoms with E-state index in [4.69, 9.17) is 0 Å². The molecule has 1 heterocycles. The van der Waals surface area contributed by atoms with Gasteiger partial charge in [-0.1, -0.05) is 25.1 Å². The van der Waals surface area contributed by atoms with Gasteiger partial charge in [-0.3, -0.25) is 4.99 Å². The second kappa shape index (κ2) is 5.73. The molecule has 3 rings (SSSR count). The topological polar surface area (TPSA) is 35.8 Å². The summed E-state index contributed by atoms with van der Waals surface area (Å²) in [6.07, 6.45) is 2.96. The highest BCUT2D eigenvalue weighted by Crippen LogP contribution is 2.42. The molecule has 0 fully saturated rings. The SMILES string of the molecule is C[C@H]1CC(C)(C)N(C)c2ccc(C=Nc3ccccc3O)cc21. The maximum Gasteiger partial charge on any atom is 0.141 e. The van der Waals surface area contributed by atoms with Gasteiger partial charge in [0, 0.05) is 24.5 Å². The first-order valence-corrected chi connectivity index (χ1v) is 8.08. The number of aliphatic imine (C=N–C) groups is 1. The van der Waals surface area contributed by atoms with Gasteiger partial charge in [-0.2, -0.15) is 0 Å². The van der Waals surface area contributed by atoms with Crippen molar-refractivity contribution in [3.63, 3.8) is 0 Å². The van der Waals surface area contributed by atoms with Crippen molar-refractivity contribution in [2.75, 3.05) is 11.9 Å². The summed E-state index contributed by atoms with van der Waals surface area (Å²) in [4.78, 5) is 6.78. The molecule has 0 bridgehead atoms. The maximum atomic E-state index is 9.79. The lowest BCUT2D eigenvalue weighted by atomic mass is 9.80. The zero-order valence-corrected chi connectivity index (χ0v) is 14.2. The summed E-state index contributed by atoms with van der Waals surface area (Å²) in [5, 5.41) is 9.79. The lowest BCUT2D eigenvalue weighted by Crippen LogP contribution is -2.45. The van der Waals surface area contributed by atoms with Crippen LogP contribution in [0.25, 0.3) is 0 Å². The highest BCUT2D eigenvalue weighted by molar-refractivity contribution is 5.84. The van der Waals surface area contributed by atoms with E-state index in [1.54, 1.807) is 12.1 Å². The van der Waals surface area contributed by atoms with E-state index in [2.05, 4.69) is 55.9 Å². The van der Waals surface area contributed by atoms with Crippen molar-refractivity contribution in [3.05, 3.63) is 53.6 Å². The molecule has 0 unspecified atom stereocenters. The first kappa shape index (κ1) is 15.6. The van der Waals surface area contributed by atoms with Crippen LogP contribution in [0, 0.1) is 0 Å². The Hall–Kier alpha value is -2.29. The minimum Gasteiger partial charge on any atom is -0.506 e. The van der Waals surface area contributed by atoms with E-state index in [0.29, 0.717) is 11.6 Å². The molecular weight excluding hydrogens is 284 g/mol. The van der Waals surface area contributed by atoms with E-state index in [1.165, 1.54) is 11.3 Å². The Morgan fingerprint density at radius 3 is 2.70 bits per heavy atom. The molecule has 1 aliphatic heterocycles. The molecule has 23 heavy (non-hydrogen) atoms. The molecule has 0 aliphatic carbocycles. The number of rotatable bonds is 2. The Kier molecular flexibility index (Phi) is 3.88. The van der Waals surface area contributed by atoms with Crippen molar-refractivity contribution in [3.8, 4) is 5.75 Å². The smallest absolute Gasteiger partial charge is 0.141 e. The molecule has 0 saturated carbocycles. The molecule has 0 radical (unpaired) electrons. The average molecular weight is 308 g/mol. The number of benzene rings is 2. The van der Waals surface area contributed by atoms with Crippen LogP contribution in [0.4, 0.5) is 11.4 Å². The monoisotopic (exact) mass is 308 g/mol. The number of phenols is 1. The molecule has 120 valence electrons. The average Bonchev–Trinajstić information content (AvgIpc) is 2.51. The van der Waals surface area contributed by atoms with Crippen LogP contribution >= 0.6 is 0 Å². The number of para-hydroxylation sites is 2. The lowest BCUT2D eigenvalue weighted by Gasteiger charge is -2.45. The van der Waals surface area contributed by atoms with E-state index >= 15 is 0 Å². The maximum absolute atomic E-state index is 9.79. The van der Waals surface area contributed by atoms with Crippen LogP contribution in [0.2, 0.25) is 0 Å². The van der Waals surface area contributed by atoms with Crippen molar-refractivity contribution in [2.45, 2.75) is 38.6 Å². The Balaban J connectivity index is 1.93. The third-order valence-electron chi connectivity index (χ3n) is 4.89. The summed E-state index contributed by atoms with van der Waals surface area (Å²) in [6, 6.07) is 13.6. The number of phenolic OH excluding ortho intramolecular Hbond substituents is 1. The summed E-state index contributed by atoms with van der Waals surface area (Å²) in [7, 11) is 2.17. The summed E-state index contributed by atoms with van der Waals surface area (Å²) >= 11 is 0. The van der Waals surface area contributed by atoms with E-state index in [9.17, 15) is 5.11 Å². The van der Waals surface area contributed by atoms with Gasteiger partial charge >= 0.3 is 0 Å². The predicted molar refractivity (Wildman–Crippen MR) is 97.3 cm³/mol. The Morgan fingerprint density at radius 2 is 1.96 bits per heavy atom. The third-order valence-corrected chi connectivity index (χ3v) is 4.89. The number of hydrogen-bond donors (Lipinski definition) is 1. The minimum absolute atomic E-state index is 0.178. The van der Waals surface area contributed by atoms with E-state index < -0.39 is 0 Å². The predicted octanol–water partition coefficient (Wildman–Crippen LogP) is 4.86. The van der Waals surface area contributed by atoms with Crippen LogP contribution in [0.15, 0.2) is 47.5 Å². The fourth-order valence-corrected chi connectivity index (χ4v) is 3.39. The Morgan fingerprint density at radius 1 is 1.22 bits per heavy atom. The van der Waals surface area contributed by atoms with Crippen LogP contribution in [0.3, 0.4) is 0 Å². The highest BCUT2D eigenvalue weighted by atomic mass is 16.3. The summed E-state index contributed by atoms with van der Waals surface area (Å²) < 4.78 is 0. The normalized spacial score (nSPS) is 19.8. The molecule has 0 aromatic heterocycles. The summed E-state index contributed by atoms with van der Waals surface area (Å²) in [5.41, 5.74) is 4.50. The molecule has 2 aromatic rings. The number of anilines is 1. The molecule has 1 N–H and O–H groups in total. The van der Waals surface area contributed by atoms with Crippen LogP contribution in [0.1, 0.15) is 44.2 Å². The van der Waals surface area contributed by atoms with E-state index in [-0.39, 0.29) is 11.3 Å². The van der Waals surface area contributed by atoms with Crippen molar-refractivity contribution in [1.82, 2.24) is 0 Å². The molecule has 1 aliphatic rings. The van der Waals surface area contributed by atoms with Crippen LogP contribution < -0.4 is 4.90 Å². The second-order valence-electron chi connectivity index (χ2n) is 7.04. The van der Waals surface area contributed by atoms with Gasteiger partial charge in [-0.05, 0) is 61.6 Å². The number of fused-ring (bicyclic) bond motifs is 1. The van der Waals surface area contributed by atoms with Gasteiger partial charge in [-0.25, -0.2) is 0 Å². The molecule has 0 saturated heterocycles. The van der Waals surface area contributed by atoms with Gasteiger partial charge in [0.15, 0.2) is 0 Å². The van der Waals surface area contributed by atoms with Crippen LogP contribution in [-0.4, -0.2) is 23.9 Å². The molecule has 0 amide bonds. The summed E-state index contributed by atoms with van der Waals surface area (Å²) in [6.45, 7) is 6.87. The fourth-order valence-electron chi connectivity index (χ4n) is 3.39. The van der Waals surface area contributed by atoms with Gasteiger partial charge in [0.25, 0.3) is 0 Å². The first-order valence-electron chi connectivity index (χ1n) is 8.08. The largest absolute Gasteiger partial charge is 0.506 e. The standard InChI is InChI=1S/C20H24N2O/c1-14-12-20(2,3)22(4)18-10-9-15(11-16(14)18)13-21-17-7-5-6-8-19(17)23/h5-11,13-14,23H,12H2,1-4H3/t14-/m0/s1. The molecular formula is C20H24N2O. The highest BCUT2D eigenvalue weighted by Gasteiger charge is 2.33. The van der Waals surface area contributed by atoms with Crippen molar-refractivity contribution >= 4 is 17.6 Å². The zero-order chi connectivity index (χ0) is 16.6. The van der Waals surface area contributed by atoms with Gasteiger partial charge in [-0.15, -0.1) is 0 Å². The van der Waals surface area contributed by atoms with Crippen LogP contribution in [-0.2, 0) is 0 Å². The van der Waals surface area contributed by atoms with Gasteiger partial charge in [0.2, 0.25) is 0 Å². The number of hydrogen-bond acceptors (Lipinski definition) is 3. The van der Waals surface area contributed by atoms with Crippen LogP contribution in [0.5, 0.6) is 5.75 Å². The fraction of sp³-hybridized carbons (Fsp3) is 0.350. The van der Waals surface area contributed by atoms with Gasteiger partial charge in [0.1, 0.15) is 11.4 Å². The minimum atomic E-state index is 0.178.